The molecular formula is C18H22ClN3O2. The number of benzene rings is 1. The Morgan fingerprint density at radius 2 is 2.25 bits per heavy atom. The van der Waals surface area contributed by atoms with Crippen molar-refractivity contribution in [1.82, 2.24) is 14.7 Å². The lowest BCUT2D eigenvalue weighted by Crippen LogP contribution is -2.32. The smallest absolute Gasteiger partial charge is 0.227 e. The van der Waals surface area contributed by atoms with Crippen molar-refractivity contribution >= 4 is 17.5 Å². The summed E-state index contributed by atoms with van der Waals surface area (Å²) >= 11 is 6.28. The van der Waals surface area contributed by atoms with Gasteiger partial charge in [-0.2, -0.15) is 5.10 Å². The minimum Gasteiger partial charge on any atom is -0.496 e. The van der Waals surface area contributed by atoms with E-state index < -0.39 is 0 Å². The monoisotopic (exact) mass is 347 g/mol. The summed E-state index contributed by atoms with van der Waals surface area (Å²) in [7, 11) is 3.50. The van der Waals surface area contributed by atoms with E-state index >= 15 is 0 Å². The molecule has 5 nitrogen and oxygen atoms in total. The van der Waals surface area contributed by atoms with Gasteiger partial charge in [-0.15, -0.1) is 0 Å². The zero-order chi connectivity index (χ0) is 17.3. The molecule has 0 spiro atoms. The van der Waals surface area contributed by atoms with Gasteiger partial charge in [-0.1, -0.05) is 17.7 Å². The maximum absolute atomic E-state index is 12.9. The Morgan fingerprint density at radius 3 is 2.92 bits per heavy atom. The number of aryl methyl sites for hydroxylation is 2. The molecule has 1 aromatic heterocycles. The Labute approximate surface area is 147 Å². The molecular weight excluding hydrogens is 326 g/mol. The summed E-state index contributed by atoms with van der Waals surface area (Å²) in [6, 6.07) is 5.55. The largest absolute Gasteiger partial charge is 0.496 e. The Hall–Kier alpha value is -2.01. The highest BCUT2D eigenvalue weighted by Gasteiger charge is 2.32. The van der Waals surface area contributed by atoms with Crippen LogP contribution >= 0.6 is 11.6 Å². The molecule has 24 heavy (non-hydrogen) atoms. The van der Waals surface area contributed by atoms with Crippen LogP contribution in [-0.4, -0.2) is 34.2 Å². The number of hydrogen-bond acceptors (Lipinski definition) is 3. The second-order valence-electron chi connectivity index (χ2n) is 6.19. The Balaban J connectivity index is 1.83. The van der Waals surface area contributed by atoms with Crippen LogP contribution in [0.15, 0.2) is 24.4 Å². The second kappa shape index (κ2) is 6.85. The molecule has 1 aromatic carbocycles. The van der Waals surface area contributed by atoms with Gasteiger partial charge in [0.25, 0.3) is 0 Å². The molecule has 1 fully saturated rings. The number of methoxy groups -OCH3 is 1. The number of carbonyl (C=O) groups is 1. The number of rotatable bonds is 4. The predicted octanol–water partition coefficient (Wildman–Crippen LogP) is 3.30. The first-order valence-electron chi connectivity index (χ1n) is 8.12. The third-order valence-electron chi connectivity index (χ3n) is 4.61. The number of likely N-dealkylation sites (tertiary alicyclic amines) is 1. The topological polar surface area (TPSA) is 47.4 Å². The Kier molecular flexibility index (Phi) is 4.81. The first kappa shape index (κ1) is 16.8. The third-order valence-corrected chi connectivity index (χ3v) is 4.96. The molecule has 1 aliphatic heterocycles. The number of amides is 1. The number of aromatic nitrogens is 2. The minimum absolute atomic E-state index is 0.0761. The summed E-state index contributed by atoms with van der Waals surface area (Å²) in [6.07, 6.45) is 4.24. The van der Waals surface area contributed by atoms with Gasteiger partial charge in [0, 0.05) is 35.9 Å². The molecule has 3 rings (SSSR count). The highest BCUT2D eigenvalue weighted by Crippen LogP contribution is 2.35. The molecule has 1 aliphatic rings. The van der Waals surface area contributed by atoms with Crippen molar-refractivity contribution in [2.75, 3.05) is 13.7 Å². The van der Waals surface area contributed by atoms with Gasteiger partial charge in [0.05, 0.1) is 25.3 Å². The quantitative estimate of drug-likeness (QED) is 0.852. The third kappa shape index (κ3) is 3.13. The van der Waals surface area contributed by atoms with E-state index in [1.54, 1.807) is 13.2 Å². The standard InChI is InChI=1S/C18H22ClN3O2/c1-12-14(11-21(2)20-12)16-7-5-9-22(16)18(23)10-13-15(19)6-4-8-17(13)24-3/h4,6,8,11,16H,5,7,9-10H2,1-3H3. The van der Waals surface area contributed by atoms with Crippen molar-refractivity contribution in [2.24, 2.45) is 7.05 Å². The van der Waals surface area contributed by atoms with Crippen molar-refractivity contribution in [3.8, 4) is 5.75 Å². The molecule has 0 aliphatic carbocycles. The number of halogens is 1. The fourth-order valence-corrected chi connectivity index (χ4v) is 3.72. The van der Waals surface area contributed by atoms with Gasteiger partial charge in [0.15, 0.2) is 0 Å². The molecule has 0 bridgehead atoms. The van der Waals surface area contributed by atoms with Crippen LogP contribution < -0.4 is 4.74 Å². The van der Waals surface area contributed by atoms with Crippen LogP contribution in [0.3, 0.4) is 0 Å². The second-order valence-corrected chi connectivity index (χ2v) is 6.59. The van der Waals surface area contributed by atoms with Crippen molar-refractivity contribution in [3.63, 3.8) is 0 Å². The van der Waals surface area contributed by atoms with E-state index in [4.69, 9.17) is 16.3 Å². The lowest BCUT2D eigenvalue weighted by atomic mass is 10.0. The van der Waals surface area contributed by atoms with E-state index in [9.17, 15) is 4.79 Å². The zero-order valence-electron chi connectivity index (χ0n) is 14.3. The average molecular weight is 348 g/mol. The van der Waals surface area contributed by atoms with Crippen LogP contribution in [-0.2, 0) is 18.3 Å². The molecule has 0 radical (unpaired) electrons. The zero-order valence-corrected chi connectivity index (χ0v) is 15.0. The van der Waals surface area contributed by atoms with Crippen molar-refractivity contribution < 1.29 is 9.53 Å². The van der Waals surface area contributed by atoms with Gasteiger partial charge in [-0.25, -0.2) is 0 Å². The van der Waals surface area contributed by atoms with E-state index in [0.717, 1.165) is 36.2 Å². The van der Waals surface area contributed by atoms with Gasteiger partial charge in [-0.05, 0) is 31.9 Å². The number of hydrogen-bond donors (Lipinski definition) is 0. The summed E-state index contributed by atoms with van der Waals surface area (Å²) in [5.41, 5.74) is 2.87. The van der Waals surface area contributed by atoms with Gasteiger partial charge < -0.3 is 9.64 Å². The first-order valence-corrected chi connectivity index (χ1v) is 8.50. The SMILES string of the molecule is COc1cccc(Cl)c1CC(=O)N1CCCC1c1cn(C)nc1C. The average Bonchev–Trinajstić information content (AvgIpc) is 3.15. The molecule has 2 aromatic rings. The Bertz CT molecular complexity index is 757. The summed E-state index contributed by atoms with van der Waals surface area (Å²) in [6.45, 7) is 2.76. The van der Waals surface area contributed by atoms with Crippen LogP contribution in [0.25, 0.3) is 0 Å². The maximum atomic E-state index is 12.9. The molecule has 0 saturated carbocycles. The van der Waals surface area contributed by atoms with Gasteiger partial charge in [-0.3, -0.25) is 9.48 Å². The molecule has 1 unspecified atom stereocenters. The number of nitrogens with zero attached hydrogens (tertiary/aromatic N) is 3. The van der Waals surface area contributed by atoms with Crippen LogP contribution in [0.5, 0.6) is 5.75 Å². The lowest BCUT2D eigenvalue weighted by Gasteiger charge is -2.25. The van der Waals surface area contributed by atoms with Crippen LogP contribution in [0, 0.1) is 6.92 Å². The Morgan fingerprint density at radius 1 is 1.46 bits per heavy atom. The molecule has 1 amide bonds. The maximum Gasteiger partial charge on any atom is 0.227 e. The predicted molar refractivity (Wildman–Crippen MR) is 93.3 cm³/mol. The van der Waals surface area contributed by atoms with Crippen LogP contribution in [0.4, 0.5) is 0 Å². The fourth-order valence-electron chi connectivity index (χ4n) is 3.49. The lowest BCUT2D eigenvalue weighted by molar-refractivity contribution is -0.131. The van der Waals surface area contributed by atoms with E-state index in [0.29, 0.717) is 10.8 Å². The highest BCUT2D eigenvalue weighted by molar-refractivity contribution is 6.31. The summed E-state index contributed by atoms with van der Waals surface area (Å²) < 4.78 is 7.16. The minimum atomic E-state index is 0.0761. The molecule has 6 heteroatoms. The summed E-state index contributed by atoms with van der Waals surface area (Å²) in [4.78, 5) is 14.9. The molecule has 1 saturated heterocycles. The van der Waals surface area contributed by atoms with Gasteiger partial charge >= 0.3 is 0 Å². The first-order chi connectivity index (χ1) is 11.5. The van der Waals surface area contributed by atoms with Crippen molar-refractivity contribution in [3.05, 3.63) is 46.2 Å². The van der Waals surface area contributed by atoms with Crippen LogP contribution in [0.1, 0.15) is 35.7 Å². The highest BCUT2D eigenvalue weighted by atomic mass is 35.5. The number of carbonyl (C=O) groups excluding carboxylic acids is 1. The summed E-state index contributed by atoms with van der Waals surface area (Å²) in [5, 5.41) is 4.98. The summed E-state index contributed by atoms with van der Waals surface area (Å²) in [5.74, 6) is 0.733. The van der Waals surface area contributed by atoms with Crippen LogP contribution in [0.2, 0.25) is 5.02 Å². The molecule has 0 N–H and O–H groups in total. The van der Waals surface area contributed by atoms with Crippen molar-refractivity contribution in [1.29, 1.82) is 0 Å². The molecule has 2 heterocycles. The van der Waals surface area contributed by atoms with E-state index in [1.807, 2.05) is 41.9 Å². The molecule has 128 valence electrons. The van der Waals surface area contributed by atoms with E-state index in [-0.39, 0.29) is 18.4 Å². The van der Waals surface area contributed by atoms with Gasteiger partial charge in [0.2, 0.25) is 5.91 Å². The van der Waals surface area contributed by atoms with Gasteiger partial charge in [0.1, 0.15) is 5.75 Å². The number of ether oxygens (including phenoxy) is 1. The van der Waals surface area contributed by atoms with E-state index in [1.165, 1.54) is 0 Å². The fraction of sp³-hybridized carbons (Fsp3) is 0.444. The van der Waals surface area contributed by atoms with E-state index in [2.05, 4.69) is 5.10 Å². The van der Waals surface area contributed by atoms with Crippen molar-refractivity contribution in [2.45, 2.75) is 32.2 Å². The normalized spacial score (nSPS) is 17.3. The molecule has 1 atom stereocenters.